The van der Waals surface area contributed by atoms with Crippen LogP contribution in [-0.4, -0.2) is 72.7 Å². The molecule has 2 aliphatic heterocycles. The molecular formula is C28H37ClN6O4S. The highest BCUT2D eigenvalue weighted by atomic mass is 35.5. The van der Waals surface area contributed by atoms with E-state index in [4.69, 9.17) is 14.5 Å². The first kappa shape index (κ1) is 31.5. The normalized spacial score (nSPS) is 14.9. The molecule has 1 fully saturated rings. The van der Waals surface area contributed by atoms with Crippen molar-refractivity contribution in [3.05, 3.63) is 40.6 Å². The van der Waals surface area contributed by atoms with E-state index in [1.165, 1.54) is 6.20 Å². The summed E-state index contributed by atoms with van der Waals surface area (Å²) >= 11 is 1.76. The molecule has 4 heterocycles. The van der Waals surface area contributed by atoms with E-state index in [1.54, 1.807) is 41.8 Å². The third kappa shape index (κ3) is 7.56. The number of nitrogens with one attached hydrogen (secondary N) is 1. The van der Waals surface area contributed by atoms with E-state index in [0.717, 1.165) is 61.0 Å². The number of halogens is 1. The summed E-state index contributed by atoms with van der Waals surface area (Å²) in [5, 5.41) is 12.3. The summed E-state index contributed by atoms with van der Waals surface area (Å²) in [6.45, 7) is 2.11. The van der Waals surface area contributed by atoms with Crippen LogP contribution in [0.2, 0.25) is 0 Å². The van der Waals surface area contributed by atoms with E-state index in [1.807, 2.05) is 6.07 Å². The number of urea groups is 1. The Kier molecular flexibility index (Phi) is 11.9. The highest BCUT2D eigenvalue weighted by Gasteiger charge is 2.29. The van der Waals surface area contributed by atoms with Gasteiger partial charge in [-0.05, 0) is 73.8 Å². The molecule has 2 aromatic rings. The summed E-state index contributed by atoms with van der Waals surface area (Å²) in [5.41, 5.74) is 3.14. The number of aromatic nitrogens is 2. The van der Waals surface area contributed by atoms with Gasteiger partial charge in [-0.2, -0.15) is 22.0 Å². The number of rotatable bonds is 9. The van der Waals surface area contributed by atoms with Crippen LogP contribution < -0.4 is 15.0 Å². The molecule has 1 saturated heterocycles. The first-order chi connectivity index (χ1) is 18.9. The second kappa shape index (κ2) is 15.1. The summed E-state index contributed by atoms with van der Waals surface area (Å²) in [6.07, 6.45) is 8.28. The molecule has 0 saturated carbocycles. The van der Waals surface area contributed by atoms with Crippen molar-refractivity contribution in [1.82, 2.24) is 14.9 Å². The highest BCUT2D eigenvalue weighted by Crippen LogP contribution is 2.32. The number of aryl methyl sites for hydroxylation is 2. The van der Waals surface area contributed by atoms with Gasteiger partial charge in [-0.1, -0.05) is 0 Å². The van der Waals surface area contributed by atoms with Crippen LogP contribution in [0, 0.1) is 17.2 Å². The number of methoxy groups -OCH3 is 1. The first-order valence-corrected chi connectivity index (χ1v) is 14.7. The van der Waals surface area contributed by atoms with Crippen molar-refractivity contribution in [2.45, 2.75) is 45.1 Å². The molecule has 0 bridgehead atoms. The fourth-order valence-electron chi connectivity index (χ4n) is 5.06. The third-order valence-electron chi connectivity index (χ3n) is 7.13. The Morgan fingerprint density at radius 3 is 2.77 bits per heavy atom. The molecular weight excluding hydrogens is 552 g/mol. The van der Waals surface area contributed by atoms with Gasteiger partial charge in [-0.25, -0.2) is 9.78 Å². The maximum Gasteiger partial charge on any atom is 0.328 e. The molecule has 1 N–H and O–H groups in total. The maximum atomic E-state index is 13.3. The molecule has 0 aliphatic carbocycles. The van der Waals surface area contributed by atoms with E-state index in [0.29, 0.717) is 49.4 Å². The minimum absolute atomic E-state index is 0. The summed E-state index contributed by atoms with van der Waals surface area (Å²) in [7, 11) is 3.35. The fraction of sp³-hybridized carbons (Fsp3) is 0.536. The topological polar surface area (TPSA) is 121 Å². The average molecular weight is 589 g/mol. The predicted molar refractivity (Wildman–Crippen MR) is 158 cm³/mol. The Bertz CT molecular complexity index is 1230. The lowest BCUT2D eigenvalue weighted by atomic mass is 9.98. The van der Waals surface area contributed by atoms with E-state index in [2.05, 4.69) is 22.6 Å². The average Bonchev–Trinajstić information content (AvgIpc) is 2.96. The van der Waals surface area contributed by atoms with Crippen molar-refractivity contribution in [3.63, 3.8) is 0 Å². The second-order valence-corrected chi connectivity index (χ2v) is 10.8. The SMILES string of the molecule is COc1nc2c(cc1CN(C)C(=O)C1CCOCC1)CCCN2C(=O)Nc1cc(CCCSC)c(C#N)cn1.Cl. The lowest BCUT2D eigenvalue weighted by molar-refractivity contribution is -0.137. The Hall–Kier alpha value is -3.07. The molecule has 0 spiro atoms. The Morgan fingerprint density at radius 2 is 2.08 bits per heavy atom. The highest BCUT2D eigenvalue weighted by molar-refractivity contribution is 7.98. The van der Waals surface area contributed by atoms with E-state index in [9.17, 15) is 14.9 Å². The molecule has 0 atom stereocenters. The molecule has 2 aromatic heterocycles. The van der Waals surface area contributed by atoms with E-state index >= 15 is 0 Å². The van der Waals surface area contributed by atoms with Crippen molar-refractivity contribution in [3.8, 4) is 11.9 Å². The molecule has 10 nitrogen and oxygen atoms in total. The number of nitriles is 1. The van der Waals surface area contributed by atoms with Crippen molar-refractivity contribution < 1.29 is 19.1 Å². The van der Waals surface area contributed by atoms with Gasteiger partial charge in [-0.3, -0.25) is 15.0 Å². The Labute approximate surface area is 246 Å². The second-order valence-electron chi connectivity index (χ2n) is 9.84. The molecule has 2 aliphatic rings. The van der Waals surface area contributed by atoms with Gasteiger partial charge in [0, 0.05) is 44.5 Å². The van der Waals surface area contributed by atoms with Crippen molar-refractivity contribution in [1.29, 1.82) is 5.26 Å². The van der Waals surface area contributed by atoms with E-state index < -0.39 is 0 Å². The number of pyridine rings is 2. The summed E-state index contributed by atoms with van der Waals surface area (Å²) in [6, 6.07) is 5.63. The number of amides is 3. The fourth-order valence-corrected chi connectivity index (χ4v) is 5.49. The lowest BCUT2D eigenvalue weighted by Crippen LogP contribution is -2.40. The number of nitrogens with zero attached hydrogens (tertiary/aromatic N) is 5. The predicted octanol–water partition coefficient (Wildman–Crippen LogP) is 4.44. The number of hydrogen-bond donors (Lipinski definition) is 1. The standard InChI is InChI=1S/C28H36N6O4S.ClH/c1-33(27(35)19-8-11-38-12-9-19)18-22-14-21-6-4-10-34(25(21)32-26(22)37-2)28(36)31-24-15-20(7-5-13-39-3)23(16-29)17-30-24;/h14-15,17,19H,4-13,18H2,1-3H3,(H,30,31,36);1H. The smallest absolute Gasteiger partial charge is 0.328 e. The molecule has 40 heavy (non-hydrogen) atoms. The minimum Gasteiger partial charge on any atom is -0.481 e. The van der Waals surface area contributed by atoms with Crippen LogP contribution in [0.4, 0.5) is 16.4 Å². The zero-order valence-electron chi connectivity index (χ0n) is 23.3. The first-order valence-electron chi connectivity index (χ1n) is 13.3. The van der Waals surface area contributed by atoms with Gasteiger partial charge >= 0.3 is 6.03 Å². The molecule has 216 valence electrons. The van der Waals surface area contributed by atoms with Crippen LogP contribution in [0.15, 0.2) is 18.3 Å². The van der Waals surface area contributed by atoms with Crippen molar-refractivity contribution in [2.24, 2.45) is 5.92 Å². The number of carbonyl (C=O) groups is 2. The minimum atomic E-state index is -0.336. The molecule has 3 amide bonds. The largest absolute Gasteiger partial charge is 0.481 e. The van der Waals surface area contributed by atoms with Gasteiger partial charge < -0.3 is 14.4 Å². The van der Waals surface area contributed by atoms with Crippen molar-refractivity contribution in [2.75, 3.05) is 56.1 Å². The van der Waals surface area contributed by atoms with Crippen LogP contribution in [-0.2, 0) is 28.9 Å². The summed E-state index contributed by atoms with van der Waals surface area (Å²) in [5.74, 6) is 2.42. The van der Waals surface area contributed by atoms with Gasteiger partial charge in [0.2, 0.25) is 11.8 Å². The number of carbonyl (C=O) groups excluding carboxylic acids is 2. The van der Waals surface area contributed by atoms with Crippen molar-refractivity contribution >= 4 is 47.7 Å². The lowest BCUT2D eigenvalue weighted by Gasteiger charge is -2.30. The van der Waals surface area contributed by atoms with Gasteiger partial charge in [0.15, 0.2) is 0 Å². The monoisotopic (exact) mass is 588 g/mol. The van der Waals surface area contributed by atoms with Crippen LogP contribution in [0.5, 0.6) is 5.88 Å². The number of fused-ring (bicyclic) bond motifs is 1. The zero-order valence-corrected chi connectivity index (χ0v) is 24.9. The third-order valence-corrected chi connectivity index (χ3v) is 7.83. The van der Waals surface area contributed by atoms with Gasteiger partial charge in [-0.15, -0.1) is 12.4 Å². The van der Waals surface area contributed by atoms with Gasteiger partial charge in [0.1, 0.15) is 17.7 Å². The number of ether oxygens (including phenoxy) is 2. The van der Waals surface area contributed by atoms with Gasteiger partial charge in [0.05, 0.1) is 19.2 Å². The summed E-state index contributed by atoms with van der Waals surface area (Å²) in [4.78, 5) is 38.6. The van der Waals surface area contributed by atoms with Crippen LogP contribution in [0.1, 0.15) is 47.9 Å². The molecule has 0 radical (unpaired) electrons. The molecule has 12 heteroatoms. The number of hydrogen-bond acceptors (Lipinski definition) is 8. The molecule has 0 unspecified atom stereocenters. The maximum absolute atomic E-state index is 13.3. The van der Waals surface area contributed by atoms with Crippen LogP contribution >= 0.6 is 24.2 Å². The van der Waals surface area contributed by atoms with E-state index in [-0.39, 0.29) is 30.3 Å². The zero-order chi connectivity index (χ0) is 27.8. The summed E-state index contributed by atoms with van der Waals surface area (Å²) < 4.78 is 11.0. The Morgan fingerprint density at radius 1 is 1.30 bits per heavy atom. The quantitative estimate of drug-likeness (QED) is 0.427. The van der Waals surface area contributed by atoms with Crippen LogP contribution in [0.25, 0.3) is 0 Å². The number of anilines is 2. The van der Waals surface area contributed by atoms with Gasteiger partial charge in [0.25, 0.3) is 0 Å². The molecule has 4 rings (SSSR count). The van der Waals surface area contributed by atoms with Crippen LogP contribution in [0.3, 0.4) is 0 Å². The number of thioether (sulfide) groups is 1. The molecule has 0 aromatic carbocycles. The Balaban J connectivity index is 0.00000441.